The molecule has 7 nitrogen and oxygen atoms in total. The van der Waals surface area contributed by atoms with Gasteiger partial charge in [-0.3, -0.25) is 14.4 Å². The number of H-pyrrole nitrogens is 2. The van der Waals surface area contributed by atoms with Crippen LogP contribution in [-0.2, 0) is 0 Å². The lowest BCUT2D eigenvalue weighted by Gasteiger charge is -2.11. The minimum atomic E-state index is -0.804. The Balaban J connectivity index is 2.90. The van der Waals surface area contributed by atoms with Gasteiger partial charge in [0.25, 0.3) is 5.91 Å². The summed E-state index contributed by atoms with van der Waals surface area (Å²) < 4.78 is 0. The van der Waals surface area contributed by atoms with Crippen LogP contribution in [0.1, 0.15) is 22.8 Å². The lowest BCUT2D eigenvalue weighted by atomic mass is 10.0. The number of carbonyl (C=O) groups excluding carboxylic acids is 1. The van der Waals surface area contributed by atoms with Gasteiger partial charge < -0.3 is 21.0 Å². The molecule has 0 atom stereocenters. The molecule has 0 aliphatic rings. The van der Waals surface area contributed by atoms with E-state index in [4.69, 9.17) is 5.73 Å². The van der Waals surface area contributed by atoms with Gasteiger partial charge in [-0.15, -0.1) is 0 Å². The molecular formula is C12H14N4O3. The average molecular weight is 262 g/mol. The molecule has 0 bridgehead atoms. The van der Waals surface area contributed by atoms with E-state index in [1.807, 2.05) is 0 Å². The van der Waals surface area contributed by atoms with Gasteiger partial charge >= 0.3 is 11.1 Å². The van der Waals surface area contributed by atoms with Gasteiger partial charge in [0.15, 0.2) is 0 Å². The summed E-state index contributed by atoms with van der Waals surface area (Å²) in [6, 6.07) is 1.52. The first-order chi connectivity index (χ1) is 8.95. The molecule has 1 aromatic carbocycles. The summed E-state index contributed by atoms with van der Waals surface area (Å²) in [5.74, 6) is -0.347. The first-order valence-electron chi connectivity index (χ1n) is 5.79. The normalized spacial score (nSPS) is 10.6. The Labute approximate surface area is 107 Å². The third-order valence-electron chi connectivity index (χ3n) is 2.88. The van der Waals surface area contributed by atoms with E-state index in [0.717, 1.165) is 0 Å². The summed E-state index contributed by atoms with van der Waals surface area (Å²) >= 11 is 0. The standard InChI is InChI=1S/C12H14N4O3/c1-3-14-10(17)8-5(2)6(13)4-7-9(8)16-12(19)11(18)15-7/h4H,3,13H2,1-2H3,(H,14,17)(H,15,18)(H,16,19). The number of hydrogen-bond donors (Lipinski definition) is 4. The van der Waals surface area contributed by atoms with Gasteiger partial charge in [0.05, 0.1) is 16.6 Å². The van der Waals surface area contributed by atoms with E-state index in [1.54, 1.807) is 13.8 Å². The minimum Gasteiger partial charge on any atom is -0.398 e. The highest BCUT2D eigenvalue weighted by Crippen LogP contribution is 2.23. The maximum absolute atomic E-state index is 12.0. The highest BCUT2D eigenvalue weighted by atomic mass is 16.2. The number of nitrogens with one attached hydrogen (secondary N) is 3. The van der Waals surface area contributed by atoms with Crippen molar-refractivity contribution in [3.8, 4) is 0 Å². The molecule has 100 valence electrons. The molecule has 0 saturated carbocycles. The summed E-state index contributed by atoms with van der Waals surface area (Å²) in [6.07, 6.45) is 0. The maximum atomic E-state index is 12.0. The molecule has 5 N–H and O–H groups in total. The lowest BCUT2D eigenvalue weighted by molar-refractivity contribution is 0.0956. The molecule has 0 unspecified atom stereocenters. The highest BCUT2D eigenvalue weighted by Gasteiger charge is 2.17. The Morgan fingerprint density at radius 1 is 1.32 bits per heavy atom. The van der Waals surface area contributed by atoms with Crippen molar-refractivity contribution in [1.82, 2.24) is 15.3 Å². The predicted octanol–water partition coefficient (Wildman–Crippen LogP) is -0.143. The lowest BCUT2D eigenvalue weighted by Crippen LogP contribution is -2.31. The molecule has 1 heterocycles. The Hall–Kier alpha value is -2.57. The van der Waals surface area contributed by atoms with Crippen molar-refractivity contribution in [3.63, 3.8) is 0 Å². The number of rotatable bonds is 2. The van der Waals surface area contributed by atoms with E-state index in [1.165, 1.54) is 6.07 Å². The number of amides is 1. The van der Waals surface area contributed by atoms with Crippen molar-refractivity contribution < 1.29 is 4.79 Å². The molecule has 1 amide bonds. The summed E-state index contributed by atoms with van der Waals surface area (Å²) in [6.45, 7) is 3.91. The van der Waals surface area contributed by atoms with Crippen LogP contribution in [-0.4, -0.2) is 22.4 Å². The summed E-state index contributed by atoms with van der Waals surface area (Å²) in [5, 5.41) is 2.65. The van der Waals surface area contributed by atoms with Crippen molar-refractivity contribution in [1.29, 1.82) is 0 Å². The van der Waals surface area contributed by atoms with Crippen molar-refractivity contribution in [2.24, 2.45) is 0 Å². The van der Waals surface area contributed by atoms with Crippen molar-refractivity contribution in [3.05, 3.63) is 37.9 Å². The minimum absolute atomic E-state index is 0.269. The second-order valence-electron chi connectivity index (χ2n) is 4.16. The molecule has 19 heavy (non-hydrogen) atoms. The molecule has 0 aliphatic heterocycles. The fourth-order valence-electron chi connectivity index (χ4n) is 1.91. The van der Waals surface area contributed by atoms with Crippen molar-refractivity contribution in [2.45, 2.75) is 13.8 Å². The van der Waals surface area contributed by atoms with Crippen molar-refractivity contribution in [2.75, 3.05) is 12.3 Å². The zero-order valence-corrected chi connectivity index (χ0v) is 10.6. The number of benzene rings is 1. The SMILES string of the molecule is CCNC(=O)c1c(C)c(N)cc2[nH]c(=O)c(=O)[nH]c12. The van der Waals surface area contributed by atoms with Gasteiger partial charge in [-0.2, -0.15) is 0 Å². The first kappa shape index (κ1) is 12.9. The maximum Gasteiger partial charge on any atom is 0.314 e. The van der Waals surface area contributed by atoms with Crippen LogP contribution < -0.4 is 22.2 Å². The summed E-state index contributed by atoms with van der Waals surface area (Å²) in [4.78, 5) is 39.6. The number of aromatic nitrogens is 2. The Bertz CT molecular complexity index is 773. The first-order valence-corrected chi connectivity index (χ1v) is 5.79. The van der Waals surface area contributed by atoms with Crippen LogP contribution in [0, 0.1) is 6.92 Å². The van der Waals surface area contributed by atoms with Gasteiger partial charge in [0.2, 0.25) is 0 Å². The Morgan fingerprint density at radius 3 is 2.58 bits per heavy atom. The van der Waals surface area contributed by atoms with Crippen LogP contribution in [0.25, 0.3) is 11.0 Å². The molecule has 0 aliphatic carbocycles. The van der Waals surface area contributed by atoms with Crippen LogP contribution in [0.2, 0.25) is 0 Å². The smallest absolute Gasteiger partial charge is 0.314 e. The molecule has 0 spiro atoms. The molecule has 0 radical (unpaired) electrons. The monoisotopic (exact) mass is 262 g/mol. The number of aromatic amines is 2. The highest BCUT2D eigenvalue weighted by molar-refractivity contribution is 6.07. The molecule has 0 saturated heterocycles. The predicted molar refractivity (Wildman–Crippen MR) is 72.3 cm³/mol. The number of hydrogen-bond acceptors (Lipinski definition) is 4. The van der Waals surface area contributed by atoms with E-state index in [-0.39, 0.29) is 17.0 Å². The molecule has 2 rings (SSSR count). The fraction of sp³-hybridized carbons (Fsp3) is 0.250. The summed E-state index contributed by atoms with van der Waals surface area (Å²) in [7, 11) is 0. The molecule has 1 aromatic heterocycles. The number of fused-ring (bicyclic) bond motifs is 1. The second-order valence-corrected chi connectivity index (χ2v) is 4.16. The Kier molecular flexibility index (Phi) is 3.12. The number of carbonyl (C=O) groups is 1. The number of nitrogen functional groups attached to an aromatic ring is 1. The van der Waals surface area contributed by atoms with Crippen LogP contribution in [0.5, 0.6) is 0 Å². The number of anilines is 1. The molecule has 0 fully saturated rings. The summed E-state index contributed by atoms with van der Waals surface area (Å²) in [5.41, 5.74) is 6.04. The van der Waals surface area contributed by atoms with Gasteiger partial charge in [-0.05, 0) is 25.5 Å². The molecule has 2 aromatic rings. The topological polar surface area (TPSA) is 121 Å². The van der Waals surface area contributed by atoms with Gasteiger partial charge in [-0.1, -0.05) is 0 Å². The van der Waals surface area contributed by atoms with Crippen molar-refractivity contribution >= 4 is 22.6 Å². The quantitative estimate of drug-likeness (QED) is 0.444. The van der Waals surface area contributed by atoms with Gasteiger partial charge in [-0.25, -0.2) is 0 Å². The number of nitrogens with two attached hydrogens (primary N) is 1. The largest absolute Gasteiger partial charge is 0.398 e. The molecule has 7 heteroatoms. The van der Waals surface area contributed by atoms with Crippen LogP contribution in [0.15, 0.2) is 15.7 Å². The van der Waals surface area contributed by atoms with E-state index in [2.05, 4.69) is 15.3 Å². The van der Waals surface area contributed by atoms with Gasteiger partial charge in [0, 0.05) is 12.2 Å². The van der Waals surface area contributed by atoms with E-state index >= 15 is 0 Å². The van der Waals surface area contributed by atoms with Crippen LogP contribution >= 0.6 is 0 Å². The van der Waals surface area contributed by atoms with E-state index in [9.17, 15) is 14.4 Å². The third-order valence-corrected chi connectivity index (χ3v) is 2.88. The van der Waals surface area contributed by atoms with Crippen LogP contribution in [0.3, 0.4) is 0 Å². The van der Waals surface area contributed by atoms with E-state index in [0.29, 0.717) is 23.3 Å². The second kappa shape index (κ2) is 4.60. The molecular weight excluding hydrogens is 248 g/mol. The zero-order chi connectivity index (χ0) is 14.2. The van der Waals surface area contributed by atoms with E-state index < -0.39 is 11.1 Å². The third kappa shape index (κ3) is 2.10. The fourth-order valence-corrected chi connectivity index (χ4v) is 1.91. The average Bonchev–Trinajstić information content (AvgIpc) is 2.34. The Morgan fingerprint density at radius 2 is 1.95 bits per heavy atom. The van der Waals surface area contributed by atoms with Gasteiger partial charge in [0.1, 0.15) is 0 Å². The zero-order valence-electron chi connectivity index (χ0n) is 10.6. The van der Waals surface area contributed by atoms with Crippen LogP contribution in [0.4, 0.5) is 5.69 Å².